The number of hydrogen-bond acceptors (Lipinski definition) is 3. The van der Waals surface area contributed by atoms with Crippen molar-refractivity contribution < 1.29 is 8.81 Å². The van der Waals surface area contributed by atoms with Gasteiger partial charge >= 0.3 is 0 Å². The number of allylic oxidation sites excluding steroid dienone is 1. The predicted octanol–water partition coefficient (Wildman–Crippen LogP) is 4.03. The minimum Gasteiger partial charge on any atom is -0.435 e. The van der Waals surface area contributed by atoms with Crippen molar-refractivity contribution in [1.82, 2.24) is 4.98 Å². The molecule has 3 nitrogen and oxygen atoms in total. The molecule has 20 heavy (non-hydrogen) atoms. The third-order valence-electron chi connectivity index (χ3n) is 2.80. The number of para-hydroxylation sites is 2. The summed E-state index contributed by atoms with van der Waals surface area (Å²) >= 11 is 0. The lowest BCUT2D eigenvalue weighted by atomic mass is 10.1. The number of halogens is 1. The van der Waals surface area contributed by atoms with E-state index < -0.39 is 0 Å². The van der Waals surface area contributed by atoms with Gasteiger partial charge in [0.2, 0.25) is 5.89 Å². The van der Waals surface area contributed by atoms with Crippen LogP contribution in [0.4, 0.5) is 4.39 Å². The van der Waals surface area contributed by atoms with Gasteiger partial charge in [0.1, 0.15) is 23.0 Å². The van der Waals surface area contributed by atoms with Crippen molar-refractivity contribution in [3.05, 3.63) is 65.8 Å². The van der Waals surface area contributed by atoms with Crippen molar-refractivity contribution >= 4 is 22.7 Å². The van der Waals surface area contributed by atoms with Gasteiger partial charge in [0, 0.05) is 0 Å². The van der Waals surface area contributed by atoms with E-state index in [1.165, 1.54) is 12.1 Å². The van der Waals surface area contributed by atoms with E-state index in [9.17, 15) is 9.65 Å². The molecule has 96 valence electrons. The van der Waals surface area contributed by atoms with Crippen molar-refractivity contribution in [1.29, 1.82) is 5.26 Å². The van der Waals surface area contributed by atoms with Gasteiger partial charge in [-0.25, -0.2) is 9.37 Å². The van der Waals surface area contributed by atoms with E-state index in [1.54, 1.807) is 30.3 Å². The molecule has 0 aliphatic rings. The molecule has 0 amide bonds. The van der Waals surface area contributed by atoms with Crippen LogP contribution >= 0.6 is 0 Å². The van der Waals surface area contributed by atoms with Crippen LogP contribution in [0.2, 0.25) is 0 Å². The highest BCUT2D eigenvalue weighted by molar-refractivity contribution is 5.88. The molecule has 0 saturated heterocycles. The summed E-state index contributed by atoms with van der Waals surface area (Å²) in [5, 5.41) is 9.22. The van der Waals surface area contributed by atoms with Gasteiger partial charge in [0.15, 0.2) is 5.58 Å². The molecule has 1 aromatic heterocycles. The van der Waals surface area contributed by atoms with Crippen LogP contribution in [-0.4, -0.2) is 4.98 Å². The van der Waals surface area contributed by atoms with Crippen molar-refractivity contribution in [2.75, 3.05) is 0 Å². The number of fused-ring (bicyclic) bond motifs is 1. The summed E-state index contributed by atoms with van der Waals surface area (Å²) in [6.45, 7) is 0. The van der Waals surface area contributed by atoms with E-state index in [-0.39, 0.29) is 17.3 Å². The van der Waals surface area contributed by atoms with Crippen LogP contribution in [0.15, 0.2) is 52.9 Å². The quantitative estimate of drug-likeness (QED) is 0.656. The van der Waals surface area contributed by atoms with Crippen LogP contribution in [0.5, 0.6) is 0 Å². The number of hydrogen-bond donors (Lipinski definition) is 0. The van der Waals surface area contributed by atoms with E-state index in [0.717, 1.165) is 0 Å². The van der Waals surface area contributed by atoms with Gasteiger partial charge in [0.05, 0.1) is 0 Å². The summed E-state index contributed by atoms with van der Waals surface area (Å²) in [6, 6.07) is 15.3. The Balaban J connectivity index is 2.07. The fraction of sp³-hybridized carbons (Fsp3) is 0. The normalized spacial score (nSPS) is 11.5. The predicted molar refractivity (Wildman–Crippen MR) is 73.9 cm³/mol. The fourth-order valence-corrected chi connectivity index (χ4v) is 1.89. The molecule has 3 rings (SSSR count). The van der Waals surface area contributed by atoms with Crippen molar-refractivity contribution in [3.8, 4) is 6.07 Å². The first-order valence-electron chi connectivity index (χ1n) is 5.99. The van der Waals surface area contributed by atoms with Gasteiger partial charge in [-0.1, -0.05) is 24.3 Å². The summed E-state index contributed by atoms with van der Waals surface area (Å²) in [5.74, 6) is -0.119. The minimum atomic E-state index is -0.353. The van der Waals surface area contributed by atoms with E-state index in [2.05, 4.69) is 4.98 Å². The van der Waals surface area contributed by atoms with Crippen LogP contribution in [0.3, 0.4) is 0 Å². The number of aromatic nitrogens is 1. The summed E-state index contributed by atoms with van der Waals surface area (Å²) in [4.78, 5) is 4.25. The molecular formula is C16H9FN2O. The SMILES string of the molecule is N#CC(=Cc1cccc(F)c1)c1nc2ccccc2o1. The second kappa shape index (κ2) is 4.98. The lowest BCUT2D eigenvalue weighted by molar-refractivity contribution is 0.586. The molecule has 3 aromatic rings. The van der Waals surface area contributed by atoms with E-state index in [4.69, 9.17) is 4.42 Å². The van der Waals surface area contributed by atoms with Crippen LogP contribution in [0.1, 0.15) is 11.5 Å². The average molecular weight is 264 g/mol. The molecule has 1 heterocycles. The largest absolute Gasteiger partial charge is 0.435 e. The van der Waals surface area contributed by atoms with Crippen molar-refractivity contribution in [3.63, 3.8) is 0 Å². The second-order valence-electron chi connectivity index (χ2n) is 4.21. The monoisotopic (exact) mass is 264 g/mol. The fourth-order valence-electron chi connectivity index (χ4n) is 1.89. The summed E-state index contributed by atoms with van der Waals surface area (Å²) in [5.41, 5.74) is 2.14. The third kappa shape index (κ3) is 2.29. The Morgan fingerprint density at radius 2 is 2.05 bits per heavy atom. The summed E-state index contributed by atoms with van der Waals surface area (Å²) in [6.07, 6.45) is 1.55. The highest BCUT2D eigenvalue weighted by atomic mass is 19.1. The molecule has 0 spiro atoms. The molecule has 0 fully saturated rings. The lowest BCUT2D eigenvalue weighted by Gasteiger charge is -1.95. The first-order valence-corrected chi connectivity index (χ1v) is 5.99. The molecular weight excluding hydrogens is 255 g/mol. The summed E-state index contributed by atoms with van der Waals surface area (Å²) < 4.78 is 18.7. The molecule has 0 radical (unpaired) electrons. The minimum absolute atomic E-state index is 0.234. The zero-order chi connectivity index (χ0) is 13.9. The zero-order valence-corrected chi connectivity index (χ0v) is 10.4. The van der Waals surface area contributed by atoms with Gasteiger partial charge < -0.3 is 4.42 Å². The number of benzene rings is 2. The second-order valence-corrected chi connectivity index (χ2v) is 4.21. The number of nitrogens with zero attached hydrogens (tertiary/aromatic N) is 2. The van der Waals surface area contributed by atoms with E-state index in [1.807, 2.05) is 18.2 Å². The molecule has 0 bridgehead atoms. The molecule has 0 unspecified atom stereocenters. The first-order chi connectivity index (χ1) is 9.76. The van der Waals surface area contributed by atoms with Crippen molar-refractivity contribution in [2.24, 2.45) is 0 Å². The number of nitriles is 1. The first kappa shape index (κ1) is 12.1. The van der Waals surface area contributed by atoms with E-state index in [0.29, 0.717) is 16.7 Å². The van der Waals surface area contributed by atoms with Gasteiger partial charge in [-0.15, -0.1) is 0 Å². The standard InChI is InChI=1S/C16H9FN2O/c17-13-5-3-4-11(9-13)8-12(10-18)16-19-14-6-1-2-7-15(14)20-16/h1-9H. The maximum Gasteiger partial charge on any atom is 0.238 e. The highest BCUT2D eigenvalue weighted by Crippen LogP contribution is 2.22. The van der Waals surface area contributed by atoms with Crippen molar-refractivity contribution in [2.45, 2.75) is 0 Å². The Morgan fingerprint density at radius 3 is 2.80 bits per heavy atom. The Morgan fingerprint density at radius 1 is 1.20 bits per heavy atom. The Labute approximate surface area is 114 Å². The molecule has 0 atom stereocenters. The van der Waals surface area contributed by atoms with Gasteiger partial charge in [-0.2, -0.15) is 5.26 Å². The van der Waals surface area contributed by atoms with Gasteiger partial charge in [-0.05, 0) is 35.9 Å². The lowest BCUT2D eigenvalue weighted by Crippen LogP contribution is -1.82. The molecule has 0 N–H and O–H groups in total. The highest BCUT2D eigenvalue weighted by Gasteiger charge is 2.10. The Kier molecular flexibility index (Phi) is 3.02. The Bertz CT molecular complexity index is 810. The Hall–Kier alpha value is -2.93. The molecule has 4 heteroatoms. The topological polar surface area (TPSA) is 49.8 Å². The van der Waals surface area contributed by atoms with Crippen LogP contribution in [-0.2, 0) is 0 Å². The molecule has 0 saturated carbocycles. The molecule has 2 aromatic carbocycles. The van der Waals surface area contributed by atoms with Crippen LogP contribution < -0.4 is 0 Å². The van der Waals surface area contributed by atoms with Gasteiger partial charge in [0.25, 0.3) is 0 Å². The number of rotatable bonds is 2. The molecule has 0 aliphatic carbocycles. The zero-order valence-electron chi connectivity index (χ0n) is 10.4. The smallest absolute Gasteiger partial charge is 0.238 e. The number of oxazole rings is 1. The van der Waals surface area contributed by atoms with Crippen LogP contribution in [0.25, 0.3) is 22.7 Å². The van der Waals surface area contributed by atoms with Gasteiger partial charge in [-0.3, -0.25) is 0 Å². The van der Waals surface area contributed by atoms with Crippen LogP contribution in [0, 0.1) is 17.1 Å². The average Bonchev–Trinajstić information content (AvgIpc) is 2.88. The van der Waals surface area contributed by atoms with E-state index >= 15 is 0 Å². The molecule has 0 aliphatic heterocycles. The third-order valence-corrected chi connectivity index (χ3v) is 2.80. The summed E-state index contributed by atoms with van der Waals surface area (Å²) in [7, 11) is 0. The maximum absolute atomic E-state index is 13.1. The maximum atomic E-state index is 13.1.